The number of hydrogen-bond acceptors (Lipinski definition) is 10. The maximum absolute atomic E-state index is 16.2. The summed E-state index contributed by atoms with van der Waals surface area (Å²) in [5, 5.41) is 10.4. The summed E-state index contributed by atoms with van der Waals surface area (Å²) in [6.45, 7) is 3.30. The number of nitrogens with zero attached hydrogens (tertiary/aromatic N) is 8. The molecule has 4 aliphatic heterocycles. The summed E-state index contributed by atoms with van der Waals surface area (Å²) in [5.74, 6) is -3.67. The number of nitrogens with one attached hydrogen (secondary N) is 2. The molecule has 5 amide bonds. The molecular formula is C43H44ClF2N11O4. The fourth-order valence-electron chi connectivity index (χ4n) is 9.31. The molecule has 3 aromatic heterocycles. The molecule has 9 rings (SSSR count). The van der Waals surface area contributed by atoms with Crippen LogP contribution in [-0.4, -0.2) is 105 Å². The quantitative estimate of drug-likeness (QED) is 0.173. The predicted octanol–water partition coefficient (Wildman–Crippen LogP) is 5.80. The highest BCUT2D eigenvalue weighted by Gasteiger charge is 2.57. The van der Waals surface area contributed by atoms with Gasteiger partial charge in [-0.25, -0.2) is 23.1 Å². The molecule has 7 heterocycles. The minimum absolute atomic E-state index is 0.103. The number of anilines is 4. The Hall–Kier alpha value is -6.20. The zero-order valence-electron chi connectivity index (χ0n) is 33.7. The van der Waals surface area contributed by atoms with Gasteiger partial charge in [-0.2, -0.15) is 0 Å². The van der Waals surface area contributed by atoms with E-state index in [-0.39, 0.29) is 62.9 Å². The number of benzene rings is 2. The number of nitrogens with two attached hydrogens (primary N) is 1. The zero-order valence-corrected chi connectivity index (χ0v) is 34.4. The van der Waals surface area contributed by atoms with Gasteiger partial charge in [-0.3, -0.25) is 34.5 Å². The van der Waals surface area contributed by atoms with Crippen molar-refractivity contribution in [3.05, 3.63) is 93.9 Å². The van der Waals surface area contributed by atoms with Gasteiger partial charge in [-0.15, -0.1) is 5.10 Å². The number of imidazole rings is 1. The number of aryl methyl sites for hydroxylation is 1. The smallest absolute Gasteiger partial charge is 0.328 e. The summed E-state index contributed by atoms with van der Waals surface area (Å²) in [6, 6.07) is 14.4. The number of likely N-dealkylation sites (tertiary alicyclic amines) is 2. The van der Waals surface area contributed by atoms with Gasteiger partial charge < -0.3 is 20.9 Å². The molecule has 0 aliphatic carbocycles. The Kier molecular flexibility index (Phi) is 10.1. The van der Waals surface area contributed by atoms with Crippen LogP contribution in [0.1, 0.15) is 63.2 Å². The Morgan fingerprint density at radius 3 is 2.41 bits per heavy atom. The largest absolute Gasteiger partial charge is 0.385 e. The normalized spacial score (nSPS) is 18.7. The van der Waals surface area contributed by atoms with Crippen LogP contribution in [0, 0.1) is 12.3 Å². The lowest BCUT2D eigenvalue weighted by Crippen LogP contribution is -2.59. The Morgan fingerprint density at radius 1 is 0.934 bits per heavy atom. The van der Waals surface area contributed by atoms with Crippen LogP contribution in [0.25, 0.3) is 16.9 Å². The first-order valence-electron chi connectivity index (χ1n) is 20.3. The van der Waals surface area contributed by atoms with Gasteiger partial charge in [-0.05, 0) is 80.1 Å². The van der Waals surface area contributed by atoms with Gasteiger partial charge in [-0.1, -0.05) is 29.8 Å². The van der Waals surface area contributed by atoms with Gasteiger partial charge in [0.25, 0.3) is 17.7 Å². The second kappa shape index (κ2) is 15.4. The van der Waals surface area contributed by atoms with E-state index in [0.717, 1.165) is 34.5 Å². The minimum Gasteiger partial charge on any atom is -0.385 e. The van der Waals surface area contributed by atoms with Crippen LogP contribution in [-0.2, 0) is 17.8 Å². The molecule has 3 saturated heterocycles. The van der Waals surface area contributed by atoms with Crippen LogP contribution in [0.3, 0.4) is 0 Å². The Balaban J connectivity index is 0.845. The highest BCUT2D eigenvalue weighted by atomic mass is 35.5. The molecule has 4 aliphatic rings. The number of pyridine rings is 1. The molecular weight excluding hydrogens is 808 g/mol. The maximum Gasteiger partial charge on any atom is 0.328 e. The Labute approximate surface area is 354 Å². The van der Waals surface area contributed by atoms with Crippen molar-refractivity contribution in [3.8, 4) is 11.3 Å². The number of piperidine rings is 2. The van der Waals surface area contributed by atoms with Crippen molar-refractivity contribution in [3.63, 3.8) is 0 Å². The van der Waals surface area contributed by atoms with E-state index in [9.17, 15) is 19.2 Å². The zero-order chi connectivity index (χ0) is 42.8. The number of aromatic nitrogens is 4. The van der Waals surface area contributed by atoms with Crippen molar-refractivity contribution in [2.75, 3.05) is 61.4 Å². The summed E-state index contributed by atoms with van der Waals surface area (Å²) in [7, 11) is 1.78. The van der Waals surface area contributed by atoms with E-state index in [4.69, 9.17) is 27.4 Å². The van der Waals surface area contributed by atoms with Gasteiger partial charge in [0.15, 0.2) is 11.5 Å². The first kappa shape index (κ1) is 40.2. The molecule has 5 aromatic rings. The number of fused-ring (bicyclic) bond motifs is 2. The van der Waals surface area contributed by atoms with Crippen LogP contribution in [0.2, 0.25) is 5.02 Å². The summed E-state index contributed by atoms with van der Waals surface area (Å²) in [4.78, 5) is 66.0. The van der Waals surface area contributed by atoms with Gasteiger partial charge in [0.2, 0.25) is 5.91 Å². The van der Waals surface area contributed by atoms with Crippen LogP contribution in [0.15, 0.2) is 60.9 Å². The molecule has 2 aromatic carbocycles. The molecule has 316 valence electrons. The number of hydrogen-bond donors (Lipinski definition) is 3. The minimum atomic E-state index is -2.97. The molecule has 0 radical (unpaired) electrons. The third-order valence-electron chi connectivity index (χ3n) is 12.7. The van der Waals surface area contributed by atoms with Crippen LogP contribution in [0.5, 0.6) is 0 Å². The standard InChI is InChI=1S/C43H44ClF2N11O4/c1-25-18-27(19-33(37(25)44)56-14-9-36(58)51-41(56)61)40(60)54-16-11-42(12-17-54)10-15-53(24-43(42,45)46)23-26-6-7-30(49-21-26)28-4-3-5-32-29(28)8-13-55(32)35-20-31(48-2)39-50-22-34(38(47)59)57(39)52-35/h3-7,18-22,48H,8-17,23-24H2,1-2H3,(H2,47,59)(H,51,58,61). The maximum atomic E-state index is 16.2. The average molecular weight is 852 g/mol. The van der Waals surface area contributed by atoms with Crippen LogP contribution >= 0.6 is 11.6 Å². The first-order valence-corrected chi connectivity index (χ1v) is 20.7. The number of carbonyl (C=O) groups excluding carboxylic acids is 4. The first-order chi connectivity index (χ1) is 29.3. The fourth-order valence-corrected chi connectivity index (χ4v) is 9.52. The number of amides is 5. The van der Waals surface area contributed by atoms with Crippen LogP contribution in [0.4, 0.5) is 36.5 Å². The van der Waals surface area contributed by atoms with Crippen molar-refractivity contribution in [2.45, 2.75) is 51.5 Å². The van der Waals surface area contributed by atoms with Gasteiger partial charge in [0.05, 0.1) is 34.8 Å². The lowest BCUT2D eigenvalue weighted by atomic mass is 9.68. The van der Waals surface area contributed by atoms with Gasteiger partial charge >= 0.3 is 6.03 Å². The third kappa shape index (κ3) is 7.08. The number of urea groups is 1. The SMILES string of the molecule is CNc1cc(N2CCc3c(-c4ccc(CN5CCC6(CCN(C(=O)c7cc(C)c(Cl)c(N8CCC(=O)NC8=O)c7)CC6)C(F)(F)C5)cn4)cccc32)nn2c(C(N)=O)cnc12. The predicted molar refractivity (Wildman–Crippen MR) is 226 cm³/mol. The lowest BCUT2D eigenvalue weighted by molar-refractivity contribution is -0.186. The van der Waals surface area contributed by atoms with Crippen molar-refractivity contribution >= 4 is 63.9 Å². The summed E-state index contributed by atoms with van der Waals surface area (Å²) < 4.78 is 33.9. The van der Waals surface area contributed by atoms with Gasteiger partial charge in [0, 0.05) is 80.7 Å². The van der Waals surface area contributed by atoms with E-state index in [2.05, 4.69) is 20.5 Å². The lowest BCUT2D eigenvalue weighted by Gasteiger charge is -2.51. The van der Waals surface area contributed by atoms with Crippen molar-refractivity contribution in [2.24, 2.45) is 11.1 Å². The Bertz CT molecular complexity index is 2610. The molecule has 0 unspecified atom stereocenters. The van der Waals surface area contributed by atoms with Crippen LogP contribution < -0.4 is 26.2 Å². The highest BCUT2D eigenvalue weighted by molar-refractivity contribution is 6.35. The van der Waals surface area contributed by atoms with E-state index in [1.165, 1.54) is 21.7 Å². The van der Waals surface area contributed by atoms with Crippen molar-refractivity contribution in [1.29, 1.82) is 0 Å². The molecule has 0 atom stereocenters. The summed E-state index contributed by atoms with van der Waals surface area (Å²) in [5.41, 5.74) is 11.6. The fraction of sp³-hybridized carbons (Fsp3) is 0.372. The Morgan fingerprint density at radius 2 is 1.70 bits per heavy atom. The van der Waals surface area contributed by atoms with Crippen molar-refractivity contribution < 1.29 is 28.0 Å². The number of halogens is 3. The molecule has 15 nitrogen and oxygen atoms in total. The second-order valence-corrected chi connectivity index (χ2v) is 16.7. The highest BCUT2D eigenvalue weighted by Crippen LogP contribution is 2.51. The summed E-state index contributed by atoms with van der Waals surface area (Å²) >= 11 is 6.54. The summed E-state index contributed by atoms with van der Waals surface area (Å²) in [6.07, 6.45) is 4.65. The molecule has 18 heteroatoms. The monoisotopic (exact) mass is 851 g/mol. The molecule has 0 bridgehead atoms. The van der Waals surface area contributed by atoms with Gasteiger partial charge in [0.1, 0.15) is 5.69 Å². The number of alkyl halides is 2. The third-order valence-corrected chi connectivity index (χ3v) is 13.2. The number of primary amides is 1. The molecule has 0 saturated carbocycles. The number of rotatable bonds is 8. The number of carbonyl (C=O) groups is 4. The van der Waals surface area contributed by atoms with Crippen molar-refractivity contribution in [1.82, 2.24) is 34.7 Å². The topological polar surface area (TPSA) is 174 Å². The van der Waals surface area contributed by atoms with E-state index < -0.39 is 23.3 Å². The van der Waals surface area contributed by atoms with E-state index in [0.29, 0.717) is 65.0 Å². The van der Waals surface area contributed by atoms with E-state index >= 15 is 8.78 Å². The molecule has 3 fully saturated rings. The number of imide groups is 1. The average Bonchev–Trinajstić information content (AvgIpc) is 3.89. The van der Waals surface area contributed by atoms with E-state index in [1.54, 1.807) is 36.0 Å². The van der Waals surface area contributed by atoms with E-state index in [1.807, 2.05) is 36.4 Å². The molecule has 1 spiro atoms. The second-order valence-electron chi connectivity index (χ2n) is 16.3. The molecule has 61 heavy (non-hydrogen) atoms. The molecule has 4 N–H and O–H groups in total.